The van der Waals surface area contributed by atoms with E-state index in [1.807, 2.05) is 0 Å². The van der Waals surface area contributed by atoms with E-state index in [0.29, 0.717) is 0 Å². The fourth-order valence-corrected chi connectivity index (χ4v) is 8.59. The van der Waals surface area contributed by atoms with E-state index in [1.165, 1.54) is 63.5 Å². The molecule has 0 unspecified atom stereocenters. The first-order chi connectivity index (χ1) is 13.0. The maximum atomic E-state index is 10.3. The molecule has 0 spiro atoms. The van der Waals surface area contributed by atoms with E-state index in [0.717, 1.165) is 0 Å². The predicted molar refractivity (Wildman–Crippen MR) is 121 cm³/mol. The first kappa shape index (κ1) is 25.9. The van der Waals surface area contributed by atoms with Gasteiger partial charge >= 0.3 is 5.97 Å². The summed E-state index contributed by atoms with van der Waals surface area (Å²) in [5.74, 6) is -1.31. The highest BCUT2D eigenvalue weighted by Crippen LogP contribution is 2.61. The molecule has 0 aliphatic heterocycles. The monoisotopic (exact) mass is 397 g/mol. The average molecular weight is 398 g/mol. The third-order valence-electron chi connectivity index (χ3n) is 5.08. The molecule has 1 rings (SSSR count). The maximum absolute atomic E-state index is 10.3. The lowest BCUT2D eigenvalue weighted by atomic mass is 10.2. The number of phenols is 1. The molecular formula is C23H42O3P+. The van der Waals surface area contributed by atoms with E-state index in [-0.39, 0.29) is 11.3 Å². The van der Waals surface area contributed by atoms with Gasteiger partial charge in [-0.15, -0.1) is 0 Å². The van der Waals surface area contributed by atoms with Crippen LogP contribution in [0.2, 0.25) is 0 Å². The zero-order valence-corrected chi connectivity index (χ0v) is 18.9. The molecule has 0 amide bonds. The minimum absolute atomic E-state index is 0.0671. The molecule has 0 bridgehead atoms. The van der Waals surface area contributed by atoms with Crippen molar-refractivity contribution in [1.29, 1.82) is 0 Å². The Bertz CT molecular complexity index is 465. The number of aromatic carboxylic acids is 1. The minimum Gasteiger partial charge on any atom is -0.507 e. The summed E-state index contributed by atoms with van der Waals surface area (Å²) in [7, 11) is -0.562. The molecule has 0 aromatic heterocycles. The molecule has 3 nitrogen and oxygen atoms in total. The van der Waals surface area contributed by atoms with Crippen LogP contribution in [0.3, 0.4) is 0 Å². The Kier molecular flexibility index (Phi) is 15.3. The molecule has 4 heteroatoms. The molecule has 0 aliphatic rings. The average Bonchev–Trinajstić information content (AvgIpc) is 2.67. The second-order valence-electron chi connectivity index (χ2n) is 7.47. The summed E-state index contributed by atoms with van der Waals surface area (Å²) in [6.45, 7) is 9.42. The van der Waals surface area contributed by atoms with Crippen LogP contribution in [-0.4, -0.2) is 40.8 Å². The number of carboxylic acid groups (broad SMARTS) is 1. The molecule has 0 heterocycles. The Morgan fingerprint density at radius 1 is 0.778 bits per heavy atom. The summed E-state index contributed by atoms with van der Waals surface area (Å²) in [5, 5.41) is 17.3. The van der Waals surface area contributed by atoms with Gasteiger partial charge in [-0.3, -0.25) is 0 Å². The third kappa shape index (κ3) is 11.4. The molecule has 1 aromatic rings. The van der Waals surface area contributed by atoms with Crippen LogP contribution < -0.4 is 0 Å². The summed E-state index contributed by atoms with van der Waals surface area (Å²) in [4.78, 5) is 10.3. The number of para-hydroxylation sites is 1. The summed E-state index contributed by atoms with van der Waals surface area (Å²) >= 11 is 0. The number of carbonyl (C=O) groups is 1. The summed E-state index contributed by atoms with van der Waals surface area (Å²) in [5.41, 5.74) is -0.0671. The molecule has 0 fully saturated rings. The predicted octanol–water partition coefficient (Wildman–Crippen LogP) is 7.29. The molecule has 156 valence electrons. The van der Waals surface area contributed by atoms with Gasteiger partial charge in [0, 0.05) is 7.26 Å². The lowest BCUT2D eigenvalue weighted by Gasteiger charge is -2.28. The molecule has 0 radical (unpaired) electrons. The SMILES string of the molecule is CCCC[P+](CCCC)(CCCC)CCCC.O=C(O)c1ccccc1O. The lowest BCUT2D eigenvalue weighted by molar-refractivity contribution is 0.0693. The van der Waals surface area contributed by atoms with Crippen LogP contribution in [0.25, 0.3) is 0 Å². The number of hydrogen-bond donors (Lipinski definition) is 2. The minimum atomic E-state index is -1.11. The topological polar surface area (TPSA) is 57.5 Å². The van der Waals surface area contributed by atoms with Crippen LogP contribution in [-0.2, 0) is 0 Å². The number of hydrogen-bond acceptors (Lipinski definition) is 2. The molecular weight excluding hydrogens is 355 g/mol. The van der Waals surface area contributed by atoms with Gasteiger partial charge in [-0.05, 0) is 37.8 Å². The molecule has 1 aromatic carbocycles. The van der Waals surface area contributed by atoms with E-state index < -0.39 is 13.2 Å². The van der Waals surface area contributed by atoms with Gasteiger partial charge in [0.1, 0.15) is 11.3 Å². The van der Waals surface area contributed by atoms with Crippen LogP contribution in [0, 0.1) is 0 Å². The van der Waals surface area contributed by atoms with Gasteiger partial charge in [0.15, 0.2) is 0 Å². The Balaban J connectivity index is 0.000000569. The van der Waals surface area contributed by atoms with E-state index in [9.17, 15) is 4.79 Å². The van der Waals surface area contributed by atoms with Gasteiger partial charge in [0.05, 0.1) is 24.6 Å². The normalized spacial score (nSPS) is 11.0. The number of unbranched alkanes of at least 4 members (excludes halogenated alkanes) is 4. The van der Waals surface area contributed by atoms with Crippen LogP contribution in [0.1, 0.15) is 89.4 Å². The van der Waals surface area contributed by atoms with E-state index in [1.54, 1.807) is 36.8 Å². The van der Waals surface area contributed by atoms with Crippen molar-refractivity contribution >= 4 is 13.2 Å². The van der Waals surface area contributed by atoms with Crippen LogP contribution >= 0.6 is 7.26 Å². The van der Waals surface area contributed by atoms with Gasteiger partial charge in [-0.2, -0.15) is 0 Å². The van der Waals surface area contributed by atoms with Gasteiger partial charge in [0.2, 0.25) is 0 Å². The van der Waals surface area contributed by atoms with Crippen LogP contribution in [0.15, 0.2) is 24.3 Å². The van der Waals surface area contributed by atoms with Crippen molar-refractivity contribution in [2.75, 3.05) is 24.6 Å². The fourth-order valence-electron chi connectivity index (χ4n) is 3.30. The van der Waals surface area contributed by atoms with Gasteiger partial charge in [-0.1, -0.05) is 65.5 Å². The highest BCUT2D eigenvalue weighted by Gasteiger charge is 2.34. The zero-order chi connectivity index (χ0) is 20.5. The van der Waals surface area contributed by atoms with Crippen molar-refractivity contribution in [3.8, 4) is 5.75 Å². The second kappa shape index (κ2) is 15.9. The van der Waals surface area contributed by atoms with E-state index in [2.05, 4.69) is 27.7 Å². The van der Waals surface area contributed by atoms with Gasteiger partial charge in [-0.25, -0.2) is 4.79 Å². The first-order valence-corrected chi connectivity index (χ1v) is 13.4. The first-order valence-electron chi connectivity index (χ1n) is 10.8. The Morgan fingerprint density at radius 3 is 1.41 bits per heavy atom. The molecule has 0 saturated carbocycles. The zero-order valence-electron chi connectivity index (χ0n) is 18.0. The molecule has 0 atom stereocenters. The van der Waals surface area contributed by atoms with Crippen LogP contribution in [0.5, 0.6) is 5.75 Å². The molecule has 0 saturated heterocycles. The number of carboxylic acids is 1. The van der Waals surface area contributed by atoms with E-state index in [4.69, 9.17) is 10.2 Å². The fraction of sp³-hybridized carbons (Fsp3) is 0.696. The van der Waals surface area contributed by atoms with Crippen molar-refractivity contribution in [2.24, 2.45) is 0 Å². The largest absolute Gasteiger partial charge is 0.507 e. The molecule has 27 heavy (non-hydrogen) atoms. The van der Waals surface area contributed by atoms with Gasteiger partial charge in [0.25, 0.3) is 0 Å². The lowest BCUT2D eigenvalue weighted by Crippen LogP contribution is -2.12. The summed E-state index contributed by atoms with van der Waals surface area (Å²) < 4.78 is 0. The van der Waals surface area contributed by atoms with Crippen molar-refractivity contribution in [3.05, 3.63) is 29.8 Å². The van der Waals surface area contributed by atoms with Crippen molar-refractivity contribution in [3.63, 3.8) is 0 Å². The Morgan fingerprint density at radius 2 is 1.15 bits per heavy atom. The summed E-state index contributed by atoms with van der Waals surface area (Å²) in [6, 6.07) is 5.81. The van der Waals surface area contributed by atoms with Crippen molar-refractivity contribution < 1.29 is 15.0 Å². The second-order valence-corrected chi connectivity index (χ2v) is 11.9. The van der Waals surface area contributed by atoms with Crippen molar-refractivity contribution in [1.82, 2.24) is 0 Å². The Hall–Kier alpha value is -1.08. The quantitative estimate of drug-likeness (QED) is 0.343. The Labute approximate surface area is 167 Å². The highest BCUT2D eigenvalue weighted by atomic mass is 31.2. The number of benzene rings is 1. The standard InChI is InChI=1S/C16H36P.C7H6O3/c1-5-9-13-17(14-10-6-2,15-11-7-3)16-12-8-4;8-6-4-2-1-3-5(6)7(9)10/h5-16H2,1-4H3;1-4,8H,(H,9,10)/q+1;. The summed E-state index contributed by atoms with van der Waals surface area (Å²) in [6.07, 6.45) is 17.9. The number of rotatable bonds is 13. The highest BCUT2D eigenvalue weighted by molar-refractivity contribution is 7.75. The van der Waals surface area contributed by atoms with Crippen molar-refractivity contribution in [2.45, 2.75) is 79.1 Å². The smallest absolute Gasteiger partial charge is 0.339 e. The molecule has 0 aliphatic carbocycles. The third-order valence-corrected chi connectivity index (χ3v) is 10.1. The molecule has 2 N–H and O–H groups in total. The van der Waals surface area contributed by atoms with E-state index >= 15 is 0 Å². The maximum Gasteiger partial charge on any atom is 0.339 e. The number of aromatic hydroxyl groups is 1. The van der Waals surface area contributed by atoms with Crippen LogP contribution in [0.4, 0.5) is 0 Å². The van der Waals surface area contributed by atoms with Gasteiger partial charge < -0.3 is 10.2 Å².